The van der Waals surface area contributed by atoms with E-state index in [1.165, 1.54) is 11.6 Å². The number of halogens is 1. The third-order valence-corrected chi connectivity index (χ3v) is 8.42. The molecule has 1 aliphatic carbocycles. The Labute approximate surface area is 231 Å². The summed E-state index contributed by atoms with van der Waals surface area (Å²) in [6.45, 7) is 7.63. The molecule has 6 nitrogen and oxygen atoms in total. The molecule has 1 aromatic heterocycles. The predicted molar refractivity (Wildman–Crippen MR) is 153 cm³/mol. The maximum Gasteiger partial charge on any atom is 0.335 e. The molecule has 0 radical (unpaired) electrons. The van der Waals surface area contributed by atoms with Gasteiger partial charge in [-0.2, -0.15) is 0 Å². The number of nitrogens with one attached hydrogen (secondary N) is 1. The standard InChI is InChI=1S/C33H30FN3O3/c1-32(2)24(20-11-13-21(14-12-20)31(39)40)15-17-33(3)19-37(18-16-27(32)33)30(38)23-8-5-4-7-22(23)29-35-26-10-6-9-25(34)28(26)36-29/h4-16H,17-19H2,1-3H3,(H,35,36)(H,39,40)/t33-/m1/s1. The van der Waals surface area contributed by atoms with Gasteiger partial charge < -0.3 is 15.0 Å². The van der Waals surface area contributed by atoms with Gasteiger partial charge in [-0.25, -0.2) is 14.2 Å². The Morgan fingerprint density at radius 2 is 1.73 bits per heavy atom. The summed E-state index contributed by atoms with van der Waals surface area (Å²) < 4.78 is 14.3. The number of benzene rings is 3. The summed E-state index contributed by atoms with van der Waals surface area (Å²) in [7, 11) is 0. The van der Waals surface area contributed by atoms with Gasteiger partial charge >= 0.3 is 5.97 Å². The van der Waals surface area contributed by atoms with E-state index in [-0.39, 0.29) is 27.8 Å². The molecule has 0 saturated heterocycles. The van der Waals surface area contributed by atoms with Gasteiger partial charge in [0.25, 0.3) is 5.91 Å². The van der Waals surface area contributed by atoms with Gasteiger partial charge in [0.15, 0.2) is 5.82 Å². The number of nitrogens with zero attached hydrogens (tertiary/aromatic N) is 2. The van der Waals surface area contributed by atoms with Crippen molar-refractivity contribution in [1.29, 1.82) is 0 Å². The number of aromatic nitrogens is 2. The van der Waals surface area contributed by atoms with Gasteiger partial charge in [0.1, 0.15) is 11.3 Å². The van der Waals surface area contributed by atoms with Gasteiger partial charge in [-0.05, 0) is 47.9 Å². The molecule has 2 heterocycles. The summed E-state index contributed by atoms with van der Waals surface area (Å²) in [6.07, 6.45) is 5.17. The molecule has 3 aromatic carbocycles. The largest absolute Gasteiger partial charge is 0.478 e. The minimum absolute atomic E-state index is 0.0927. The van der Waals surface area contributed by atoms with E-state index in [2.05, 4.69) is 42.9 Å². The Balaban J connectivity index is 1.30. The third-order valence-electron chi connectivity index (χ3n) is 8.42. The number of amides is 1. The third kappa shape index (κ3) is 4.13. The Morgan fingerprint density at radius 3 is 2.45 bits per heavy atom. The number of H-pyrrole nitrogens is 1. The van der Waals surface area contributed by atoms with E-state index >= 15 is 0 Å². The van der Waals surface area contributed by atoms with Crippen LogP contribution in [0.25, 0.3) is 28.0 Å². The SMILES string of the molecule is CC1(C)C(c2ccc(C(=O)O)cc2)=CC[C@]2(C)CN(C(=O)c3ccccc3-c3nc4c(F)cccc4[nH]3)CC=C12. The normalized spacial score (nSPS) is 20.1. The molecule has 7 heteroatoms. The maximum atomic E-state index is 14.3. The molecular formula is C33H30FN3O3. The van der Waals surface area contributed by atoms with Crippen LogP contribution < -0.4 is 0 Å². The lowest BCUT2D eigenvalue weighted by Crippen LogP contribution is -2.48. The molecule has 2 N–H and O–H groups in total. The topological polar surface area (TPSA) is 86.3 Å². The number of fused-ring (bicyclic) bond motifs is 2. The first-order valence-corrected chi connectivity index (χ1v) is 13.4. The average Bonchev–Trinajstić information content (AvgIpc) is 3.38. The maximum absolute atomic E-state index is 14.3. The Morgan fingerprint density at radius 1 is 0.975 bits per heavy atom. The van der Waals surface area contributed by atoms with Crippen molar-refractivity contribution in [3.63, 3.8) is 0 Å². The minimum atomic E-state index is -0.940. The van der Waals surface area contributed by atoms with Crippen LogP contribution in [0.4, 0.5) is 4.39 Å². The molecule has 6 rings (SSSR count). The van der Waals surface area contributed by atoms with Crippen molar-refractivity contribution in [2.75, 3.05) is 13.1 Å². The zero-order valence-electron chi connectivity index (χ0n) is 22.7. The van der Waals surface area contributed by atoms with E-state index in [4.69, 9.17) is 0 Å². The molecule has 1 amide bonds. The number of para-hydroxylation sites is 1. The molecule has 2 aliphatic rings. The van der Waals surface area contributed by atoms with Crippen molar-refractivity contribution in [1.82, 2.24) is 14.9 Å². The van der Waals surface area contributed by atoms with E-state index < -0.39 is 11.8 Å². The number of aromatic carboxylic acids is 1. The second-order valence-corrected chi connectivity index (χ2v) is 11.5. The average molecular weight is 536 g/mol. The van der Waals surface area contributed by atoms with Crippen LogP contribution in [0.15, 0.2) is 84.5 Å². The number of imidazole rings is 1. The lowest BCUT2D eigenvalue weighted by molar-refractivity contribution is 0.0679. The molecule has 1 aliphatic heterocycles. The second kappa shape index (κ2) is 9.30. The summed E-state index contributed by atoms with van der Waals surface area (Å²) in [6, 6.07) is 19.1. The lowest BCUT2D eigenvalue weighted by atomic mass is 9.58. The van der Waals surface area contributed by atoms with Crippen molar-refractivity contribution >= 4 is 28.5 Å². The highest BCUT2D eigenvalue weighted by Crippen LogP contribution is 2.55. The van der Waals surface area contributed by atoms with Gasteiger partial charge in [-0.3, -0.25) is 4.79 Å². The molecule has 0 spiro atoms. The van der Waals surface area contributed by atoms with E-state index in [9.17, 15) is 19.1 Å². The zero-order chi connectivity index (χ0) is 28.2. The number of carboxylic acids is 1. The van der Waals surface area contributed by atoms with Crippen LogP contribution in [-0.4, -0.2) is 44.9 Å². The smallest absolute Gasteiger partial charge is 0.335 e. The number of allylic oxidation sites excluding steroid dienone is 2. The Bertz CT molecular complexity index is 1730. The molecule has 0 unspecified atom stereocenters. The van der Waals surface area contributed by atoms with Crippen molar-refractivity contribution < 1.29 is 19.1 Å². The van der Waals surface area contributed by atoms with E-state index in [0.29, 0.717) is 35.6 Å². The molecule has 0 saturated carbocycles. The first-order chi connectivity index (χ1) is 19.1. The van der Waals surface area contributed by atoms with E-state index in [1.54, 1.807) is 30.3 Å². The lowest BCUT2D eigenvalue weighted by Gasteiger charge is -2.50. The van der Waals surface area contributed by atoms with Crippen molar-refractivity contribution in [3.8, 4) is 11.4 Å². The number of carboxylic acid groups (broad SMARTS) is 1. The minimum Gasteiger partial charge on any atom is -0.478 e. The molecule has 40 heavy (non-hydrogen) atoms. The monoisotopic (exact) mass is 535 g/mol. The summed E-state index contributed by atoms with van der Waals surface area (Å²) in [5.41, 5.74) is 5.17. The number of aromatic amines is 1. The van der Waals surface area contributed by atoms with Crippen LogP contribution in [0.5, 0.6) is 0 Å². The van der Waals surface area contributed by atoms with Crippen LogP contribution in [-0.2, 0) is 0 Å². The highest BCUT2D eigenvalue weighted by Gasteiger charge is 2.46. The molecule has 4 aromatic rings. The fourth-order valence-corrected chi connectivity index (χ4v) is 6.53. The summed E-state index contributed by atoms with van der Waals surface area (Å²) in [5, 5.41) is 9.28. The molecule has 202 valence electrons. The molecule has 0 fully saturated rings. The fraction of sp³-hybridized carbons (Fsp3) is 0.242. The number of rotatable bonds is 4. The highest BCUT2D eigenvalue weighted by molar-refractivity contribution is 6.01. The van der Waals surface area contributed by atoms with Gasteiger partial charge in [-0.1, -0.05) is 74.9 Å². The number of hydrogen-bond donors (Lipinski definition) is 2. The van der Waals surface area contributed by atoms with Gasteiger partial charge in [-0.15, -0.1) is 0 Å². The quantitative estimate of drug-likeness (QED) is 0.276. The fourth-order valence-electron chi connectivity index (χ4n) is 6.53. The molecule has 0 bridgehead atoms. The Kier molecular flexibility index (Phi) is 5.98. The number of carbonyl (C=O) groups is 2. The van der Waals surface area contributed by atoms with Gasteiger partial charge in [0.05, 0.1) is 16.6 Å². The van der Waals surface area contributed by atoms with Crippen LogP contribution in [0.3, 0.4) is 0 Å². The van der Waals surface area contributed by atoms with Crippen molar-refractivity contribution in [3.05, 3.63) is 107 Å². The molecule has 1 atom stereocenters. The van der Waals surface area contributed by atoms with Crippen LogP contribution in [0.2, 0.25) is 0 Å². The summed E-state index contributed by atoms with van der Waals surface area (Å²) >= 11 is 0. The van der Waals surface area contributed by atoms with E-state index in [1.807, 2.05) is 35.2 Å². The van der Waals surface area contributed by atoms with Crippen molar-refractivity contribution in [2.45, 2.75) is 27.2 Å². The summed E-state index contributed by atoms with van der Waals surface area (Å²) in [4.78, 5) is 34.8. The van der Waals surface area contributed by atoms with Gasteiger partial charge in [0.2, 0.25) is 0 Å². The first-order valence-electron chi connectivity index (χ1n) is 13.4. The van der Waals surface area contributed by atoms with E-state index in [0.717, 1.165) is 17.6 Å². The predicted octanol–water partition coefficient (Wildman–Crippen LogP) is 6.97. The number of carbonyl (C=O) groups excluding carboxylic acids is 1. The summed E-state index contributed by atoms with van der Waals surface area (Å²) in [5.74, 6) is -0.978. The van der Waals surface area contributed by atoms with Crippen LogP contribution in [0.1, 0.15) is 53.5 Å². The van der Waals surface area contributed by atoms with Crippen LogP contribution >= 0.6 is 0 Å². The van der Waals surface area contributed by atoms with Crippen LogP contribution in [0, 0.1) is 16.6 Å². The first kappa shape index (κ1) is 25.7. The van der Waals surface area contributed by atoms with Crippen molar-refractivity contribution in [2.24, 2.45) is 10.8 Å². The van der Waals surface area contributed by atoms with Gasteiger partial charge in [0, 0.05) is 29.5 Å². The Hall–Kier alpha value is -4.52. The highest BCUT2D eigenvalue weighted by atomic mass is 19.1. The zero-order valence-corrected chi connectivity index (χ0v) is 22.7. The second-order valence-electron chi connectivity index (χ2n) is 11.5. The molecular weight excluding hydrogens is 505 g/mol. The number of hydrogen-bond acceptors (Lipinski definition) is 3.